The highest BCUT2D eigenvalue weighted by molar-refractivity contribution is 5.43. The summed E-state index contributed by atoms with van der Waals surface area (Å²) in [6, 6.07) is 5.49. The first-order chi connectivity index (χ1) is 7.09. The maximum atomic E-state index is 8.98. The lowest BCUT2D eigenvalue weighted by Gasteiger charge is -2.29. The van der Waals surface area contributed by atoms with Gasteiger partial charge in [0, 0.05) is 12.1 Å². The minimum absolute atomic E-state index is 0.129. The third-order valence-electron chi connectivity index (χ3n) is 2.64. The first-order valence-corrected chi connectivity index (χ1v) is 5.21. The standard InChI is InChI=1S/C11H19N3O/c1-3-11(2,7-8-15)14-10-6-4-5-9(12)13-10/h4-6,15H,3,7-8H2,1-2H3,(H3,12,13,14). The van der Waals surface area contributed by atoms with Crippen LogP contribution in [0.2, 0.25) is 0 Å². The van der Waals surface area contributed by atoms with Crippen molar-refractivity contribution in [3.63, 3.8) is 0 Å². The van der Waals surface area contributed by atoms with E-state index in [-0.39, 0.29) is 12.1 Å². The molecule has 0 aliphatic heterocycles. The zero-order valence-electron chi connectivity index (χ0n) is 9.33. The van der Waals surface area contributed by atoms with E-state index in [1.54, 1.807) is 6.07 Å². The normalized spacial score (nSPS) is 14.6. The molecule has 0 fully saturated rings. The number of anilines is 2. The predicted octanol–water partition coefficient (Wildman–Crippen LogP) is 1.63. The average Bonchev–Trinajstić information content (AvgIpc) is 2.18. The van der Waals surface area contributed by atoms with Gasteiger partial charge in [-0.25, -0.2) is 4.98 Å². The Morgan fingerprint density at radius 3 is 2.80 bits per heavy atom. The average molecular weight is 209 g/mol. The van der Waals surface area contributed by atoms with Crippen LogP contribution >= 0.6 is 0 Å². The van der Waals surface area contributed by atoms with Crippen molar-refractivity contribution in [2.75, 3.05) is 17.7 Å². The number of nitrogens with zero attached hydrogens (tertiary/aromatic N) is 1. The lowest BCUT2D eigenvalue weighted by atomic mass is 9.95. The first-order valence-electron chi connectivity index (χ1n) is 5.21. The summed E-state index contributed by atoms with van der Waals surface area (Å²) < 4.78 is 0. The minimum atomic E-state index is -0.129. The second kappa shape index (κ2) is 4.98. The van der Waals surface area contributed by atoms with Gasteiger partial charge in [-0.2, -0.15) is 0 Å². The van der Waals surface area contributed by atoms with Gasteiger partial charge in [-0.05, 0) is 31.9 Å². The molecule has 0 spiro atoms. The molecule has 1 unspecified atom stereocenters. The summed E-state index contributed by atoms with van der Waals surface area (Å²) in [7, 11) is 0. The van der Waals surface area contributed by atoms with E-state index in [9.17, 15) is 0 Å². The smallest absolute Gasteiger partial charge is 0.128 e. The van der Waals surface area contributed by atoms with Gasteiger partial charge in [0.1, 0.15) is 11.6 Å². The Bertz CT molecular complexity index is 316. The molecule has 4 N–H and O–H groups in total. The van der Waals surface area contributed by atoms with E-state index in [1.807, 2.05) is 12.1 Å². The van der Waals surface area contributed by atoms with E-state index in [1.165, 1.54) is 0 Å². The summed E-state index contributed by atoms with van der Waals surface area (Å²) >= 11 is 0. The Balaban J connectivity index is 2.74. The fourth-order valence-corrected chi connectivity index (χ4v) is 1.40. The van der Waals surface area contributed by atoms with Gasteiger partial charge < -0.3 is 16.2 Å². The van der Waals surface area contributed by atoms with E-state index in [2.05, 4.69) is 24.1 Å². The van der Waals surface area contributed by atoms with E-state index < -0.39 is 0 Å². The molecule has 4 nitrogen and oxygen atoms in total. The second-order valence-corrected chi connectivity index (χ2v) is 3.96. The first kappa shape index (κ1) is 11.8. The van der Waals surface area contributed by atoms with Gasteiger partial charge in [0.2, 0.25) is 0 Å². The van der Waals surface area contributed by atoms with Gasteiger partial charge in [0.25, 0.3) is 0 Å². The van der Waals surface area contributed by atoms with Gasteiger partial charge in [0.05, 0.1) is 0 Å². The van der Waals surface area contributed by atoms with Crippen molar-refractivity contribution in [3.05, 3.63) is 18.2 Å². The molecule has 84 valence electrons. The molecule has 0 radical (unpaired) electrons. The third kappa shape index (κ3) is 3.40. The van der Waals surface area contributed by atoms with Crippen LogP contribution in [0.4, 0.5) is 11.6 Å². The van der Waals surface area contributed by atoms with Crippen LogP contribution in [-0.4, -0.2) is 22.2 Å². The number of nitrogens with two attached hydrogens (primary N) is 1. The zero-order valence-corrected chi connectivity index (χ0v) is 9.33. The molecule has 0 saturated carbocycles. The van der Waals surface area contributed by atoms with E-state index in [0.29, 0.717) is 12.2 Å². The van der Waals surface area contributed by atoms with Crippen LogP contribution in [0.1, 0.15) is 26.7 Å². The molecule has 1 heterocycles. The molecule has 1 rings (SSSR count). The predicted molar refractivity (Wildman–Crippen MR) is 62.7 cm³/mol. The Morgan fingerprint density at radius 2 is 2.27 bits per heavy atom. The van der Waals surface area contributed by atoms with Crippen molar-refractivity contribution in [1.82, 2.24) is 4.98 Å². The number of aromatic nitrogens is 1. The van der Waals surface area contributed by atoms with Crippen LogP contribution in [0.3, 0.4) is 0 Å². The molecule has 0 aliphatic carbocycles. The number of nitrogen functional groups attached to an aromatic ring is 1. The number of hydrogen-bond donors (Lipinski definition) is 3. The quantitative estimate of drug-likeness (QED) is 0.689. The molecule has 1 aromatic rings. The number of aliphatic hydroxyl groups is 1. The van der Waals surface area contributed by atoms with Gasteiger partial charge in [0.15, 0.2) is 0 Å². The Hall–Kier alpha value is -1.29. The summed E-state index contributed by atoms with van der Waals surface area (Å²) in [6.45, 7) is 4.31. The molecule has 1 aromatic heterocycles. The molecule has 0 amide bonds. The third-order valence-corrected chi connectivity index (χ3v) is 2.64. The minimum Gasteiger partial charge on any atom is -0.396 e. The highest BCUT2D eigenvalue weighted by Crippen LogP contribution is 2.20. The molecule has 0 saturated heterocycles. The molecule has 15 heavy (non-hydrogen) atoms. The van der Waals surface area contributed by atoms with Gasteiger partial charge in [-0.3, -0.25) is 0 Å². The maximum absolute atomic E-state index is 8.98. The van der Waals surface area contributed by atoms with Crippen molar-refractivity contribution in [1.29, 1.82) is 0 Å². The summed E-state index contributed by atoms with van der Waals surface area (Å²) in [4.78, 5) is 4.17. The van der Waals surface area contributed by atoms with Crippen LogP contribution in [0.5, 0.6) is 0 Å². The molecule has 0 aromatic carbocycles. The summed E-state index contributed by atoms with van der Waals surface area (Å²) in [6.07, 6.45) is 1.62. The van der Waals surface area contributed by atoms with Crippen LogP contribution < -0.4 is 11.1 Å². The number of rotatable bonds is 5. The second-order valence-electron chi connectivity index (χ2n) is 3.96. The van der Waals surface area contributed by atoms with Gasteiger partial charge in [-0.15, -0.1) is 0 Å². The molecule has 1 atom stereocenters. The van der Waals surface area contributed by atoms with Crippen LogP contribution in [0, 0.1) is 0 Å². The maximum Gasteiger partial charge on any atom is 0.128 e. The van der Waals surface area contributed by atoms with Gasteiger partial charge in [-0.1, -0.05) is 13.0 Å². The van der Waals surface area contributed by atoms with Crippen molar-refractivity contribution < 1.29 is 5.11 Å². The number of hydrogen-bond acceptors (Lipinski definition) is 4. The number of aliphatic hydroxyl groups excluding tert-OH is 1. The molecule has 0 bridgehead atoms. The van der Waals surface area contributed by atoms with Crippen LogP contribution in [-0.2, 0) is 0 Å². The Labute approximate surface area is 90.5 Å². The van der Waals surface area contributed by atoms with Crippen LogP contribution in [0.15, 0.2) is 18.2 Å². The Kier molecular flexibility index (Phi) is 3.91. The summed E-state index contributed by atoms with van der Waals surface area (Å²) in [5.74, 6) is 1.26. The summed E-state index contributed by atoms with van der Waals surface area (Å²) in [5, 5.41) is 12.3. The van der Waals surface area contributed by atoms with Crippen molar-refractivity contribution in [3.8, 4) is 0 Å². The fraction of sp³-hybridized carbons (Fsp3) is 0.545. The van der Waals surface area contributed by atoms with E-state index >= 15 is 0 Å². The highest BCUT2D eigenvalue weighted by Gasteiger charge is 2.21. The highest BCUT2D eigenvalue weighted by atomic mass is 16.3. The Morgan fingerprint density at radius 1 is 1.53 bits per heavy atom. The SMILES string of the molecule is CCC(C)(CCO)Nc1cccc(N)n1. The summed E-state index contributed by atoms with van der Waals surface area (Å²) in [5.41, 5.74) is 5.46. The van der Waals surface area contributed by atoms with E-state index in [4.69, 9.17) is 10.8 Å². The number of nitrogens with one attached hydrogen (secondary N) is 1. The molecule has 0 aliphatic rings. The van der Waals surface area contributed by atoms with Gasteiger partial charge >= 0.3 is 0 Å². The van der Waals surface area contributed by atoms with Crippen molar-refractivity contribution in [2.45, 2.75) is 32.2 Å². The molecular weight excluding hydrogens is 190 g/mol. The van der Waals surface area contributed by atoms with Crippen LogP contribution in [0.25, 0.3) is 0 Å². The molecular formula is C11H19N3O. The topological polar surface area (TPSA) is 71.2 Å². The lowest BCUT2D eigenvalue weighted by molar-refractivity contribution is 0.252. The largest absolute Gasteiger partial charge is 0.396 e. The van der Waals surface area contributed by atoms with Crippen molar-refractivity contribution in [2.24, 2.45) is 0 Å². The molecule has 4 heteroatoms. The number of pyridine rings is 1. The van der Waals surface area contributed by atoms with Crippen molar-refractivity contribution >= 4 is 11.6 Å². The zero-order chi connectivity index (χ0) is 11.3. The fourth-order valence-electron chi connectivity index (χ4n) is 1.40. The lowest BCUT2D eigenvalue weighted by Crippen LogP contribution is -2.35. The van der Waals surface area contributed by atoms with E-state index in [0.717, 1.165) is 12.2 Å². The monoisotopic (exact) mass is 209 g/mol.